The summed E-state index contributed by atoms with van der Waals surface area (Å²) < 4.78 is 9.06. The van der Waals surface area contributed by atoms with Crippen LogP contribution in [-0.4, -0.2) is 14.8 Å². The lowest BCUT2D eigenvalue weighted by Gasteiger charge is -2.11. The lowest BCUT2D eigenvalue weighted by molar-refractivity contribution is 0.289. The number of nitrogens with zero attached hydrogens (tertiary/aromatic N) is 3. The zero-order valence-corrected chi connectivity index (χ0v) is 18.9. The van der Waals surface area contributed by atoms with E-state index in [0.29, 0.717) is 13.2 Å². The minimum absolute atomic E-state index is 0.334. The lowest BCUT2D eigenvalue weighted by atomic mass is 10.1. The third kappa shape index (κ3) is 5.19. The van der Waals surface area contributed by atoms with Crippen molar-refractivity contribution in [2.45, 2.75) is 37.9 Å². The van der Waals surface area contributed by atoms with Gasteiger partial charge in [0.05, 0.1) is 0 Å². The van der Waals surface area contributed by atoms with E-state index in [9.17, 15) is 0 Å². The molecule has 1 aromatic heterocycles. The second-order valence-electron chi connectivity index (χ2n) is 6.37. The number of aromatic nitrogens is 3. The number of allylic oxidation sites excluding steroid dienone is 1. The summed E-state index contributed by atoms with van der Waals surface area (Å²) in [7, 11) is 0. The molecule has 0 amide bonds. The van der Waals surface area contributed by atoms with Gasteiger partial charge in [-0.05, 0) is 54.8 Å². The Morgan fingerprint density at radius 2 is 1.86 bits per heavy atom. The highest BCUT2D eigenvalue weighted by Gasteiger charge is 2.13. The number of halogens is 2. The number of thioether (sulfide) groups is 1. The number of ether oxygens (including phenoxy) is 1. The van der Waals surface area contributed by atoms with E-state index in [2.05, 4.69) is 44.8 Å². The number of hydrogen-bond donors (Lipinski definition) is 0. The molecule has 0 aliphatic rings. The van der Waals surface area contributed by atoms with Crippen molar-refractivity contribution in [3.05, 3.63) is 81.1 Å². The number of hydrogen-bond acceptors (Lipinski definition) is 4. The van der Waals surface area contributed by atoms with Gasteiger partial charge in [-0.3, -0.25) is 4.57 Å². The van der Waals surface area contributed by atoms with Gasteiger partial charge in [-0.1, -0.05) is 57.5 Å². The molecule has 3 aromatic rings. The number of aryl methyl sites for hydroxylation is 2. The normalized spacial score (nSPS) is 10.9. The maximum Gasteiger partial charge on any atom is 0.191 e. The van der Waals surface area contributed by atoms with Gasteiger partial charge in [-0.25, -0.2) is 0 Å². The van der Waals surface area contributed by atoms with Crippen LogP contribution in [0.2, 0.25) is 5.02 Å². The van der Waals surface area contributed by atoms with Gasteiger partial charge in [-0.15, -0.1) is 16.8 Å². The molecule has 0 aliphatic heterocycles. The predicted octanol–water partition coefficient (Wildman–Crippen LogP) is 6.37. The molecule has 28 heavy (non-hydrogen) atoms. The van der Waals surface area contributed by atoms with Crippen molar-refractivity contribution < 1.29 is 4.74 Å². The molecule has 0 atom stereocenters. The monoisotopic (exact) mass is 477 g/mol. The van der Waals surface area contributed by atoms with Crippen molar-refractivity contribution in [1.82, 2.24) is 14.8 Å². The molecular weight excluding hydrogens is 458 g/mol. The highest BCUT2D eigenvalue weighted by atomic mass is 79.9. The van der Waals surface area contributed by atoms with Gasteiger partial charge in [0, 0.05) is 21.8 Å². The van der Waals surface area contributed by atoms with Crippen molar-refractivity contribution in [2.75, 3.05) is 0 Å². The van der Waals surface area contributed by atoms with Crippen LogP contribution in [0.1, 0.15) is 22.5 Å². The van der Waals surface area contributed by atoms with Crippen molar-refractivity contribution >= 4 is 39.3 Å². The fourth-order valence-electron chi connectivity index (χ4n) is 2.71. The van der Waals surface area contributed by atoms with Crippen molar-refractivity contribution in [3.63, 3.8) is 0 Å². The standard InChI is InChI=1S/C21H21BrClN3OS/c1-4-9-26-19(12-27-18-10-14(2)20(23)15(3)11-18)24-25-21(26)28-13-16-5-7-17(22)8-6-16/h4-8,10-11H,1,9,12-13H2,2-3H3. The van der Waals surface area contributed by atoms with Crippen molar-refractivity contribution in [3.8, 4) is 5.75 Å². The minimum Gasteiger partial charge on any atom is -0.486 e. The fraction of sp³-hybridized carbons (Fsp3) is 0.238. The third-order valence-corrected chi connectivity index (χ3v) is 6.33. The first-order chi connectivity index (χ1) is 13.5. The Labute approximate surface area is 183 Å². The number of rotatable bonds is 8. The van der Waals surface area contributed by atoms with Gasteiger partial charge in [0.2, 0.25) is 0 Å². The summed E-state index contributed by atoms with van der Waals surface area (Å²) in [6.45, 7) is 8.76. The van der Waals surface area contributed by atoms with Crippen LogP contribution in [0.3, 0.4) is 0 Å². The Morgan fingerprint density at radius 1 is 1.18 bits per heavy atom. The summed E-state index contributed by atoms with van der Waals surface area (Å²) in [6.07, 6.45) is 1.84. The second kappa shape index (κ2) is 9.63. The first kappa shape index (κ1) is 21.0. The zero-order valence-electron chi connectivity index (χ0n) is 15.8. The van der Waals surface area contributed by atoms with Crippen LogP contribution in [0.25, 0.3) is 0 Å². The van der Waals surface area contributed by atoms with E-state index in [1.54, 1.807) is 11.8 Å². The van der Waals surface area contributed by atoms with Gasteiger partial charge < -0.3 is 4.74 Å². The summed E-state index contributed by atoms with van der Waals surface area (Å²) in [5.74, 6) is 2.36. The maximum atomic E-state index is 6.23. The Hall–Kier alpha value is -1.76. The van der Waals surface area contributed by atoms with Gasteiger partial charge >= 0.3 is 0 Å². The number of benzene rings is 2. The molecule has 1 heterocycles. The molecule has 0 aliphatic carbocycles. The predicted molar refractivity (Wildman–Crippen MR) is 119 cm³/mol. The molecule has 2 aromatic carbocycles. The van der Waals surface area contributed by atoms with Gasteiger partial charge in [0.1, 0.15) is 12.4 Å². The minimum atomic E-state index is 0.334. The highest BCUT2D eigenvalue weighted by molar-refractivity contribution is 9.10. The van der Waals surface area contributed by atoms with Crippen molar-refractivity contribution in [2.24, 2.45) is 0 Å². The topological polar surface area (TPSA) is 39.9 Å². The molecule has 0 saturated heterocycles. The van der Waals surface area contributed by atoms with E-state index in [0.717, 1.165) is 43.1 Å². The lowest BCUT2D eigenvalue weighted by Crippen LogP contribution is -2.07. The van der Waals surface area contributed by atoms with Crippen LogP contribution < -0.4 is 4.74 Å². The van der Waals surface area contributed by atoms with Crippen LogP contribution in [-0.2, 0) is 18.9 Å². The molecule has 0 fully saturated rings. The Balaban J connectivity index is 1.71. The first-order valence-electron chi connectivity index (χ1n) is 8.77. The van der Waals surface area contributed by atoms with E-state index in [4.69, 9.17) is 16.3 Å². The van der Waals surface area contributed by atoms with Crippen LogP contribution in [0.5, 0.6) is 5.75 Å². The Morgan fingerprint density at radius 3 is 2.50 bits per heavy atom. The highest BCUT2D eigenvalue weighted by Crippen LogP contribution is 2.27. The quantitative estimate of drug-likeness (QED) is 0.279. The molecule has 0 unspecified atom stereocenters. The van der Waals surface area contributed by atoms with E-state index in [1.165, 1.54) is 5.56 Å². The molecule has 0 radical (unpaired) electrons. The summed E-state index contributed by atoms with van der Waals surface area (Å²) in [4.78, 5) is 0. The first-order valence-corrected chi connectivity index (χ1v) is 10.9. The summed E-state index contributed by atoms with van der Waals surface area (Å²) in [5, 5.41) is 10.3. The molecule has 146 valence electrons. The average molecular weight is 479 g/mol. The third-order valence-electron chi connectivity index (χ3n) is 4.16. The largest absolute Gasteiger partial charge is 0.486 e. The van der Waals surface area contributed by atoms with Crippen LogP contribution >= 0.6 is 39.3 Å². The van der Waals surface area contributed by atoms with Crippen molar-refractivity contribution in [1.29, 1.82) is 0 Å². The van der Waals surface area contributed by atoms with Gasteiger partial charge in [-0.2, -0.15) is 0 Å². The summed E-state index contributed by atoms with van der Waals surface area (Å²) in [5.41, 5.74) is 3.22. The molecule has 0 N–H and O–H groups in total. The molecule has 7 heteroatoms. The molecule has 4 nitrogen and oxygen atoms in total. The van der Waals surface area contributed by atoms with Crippen LogP contribution in [0, 0.1) is 13.8 Å². The molecule has 0 bridgehead atoms. The SMILES string of the molecule is C=CCn1c(COc2cc(C)c(Cl)c(C)c2)nnc1SCc1ccc(Br)cc1. The maximum absolute atomic E-state index is 6.23. The average Bonchev–Trinajstić information content (AvgIpc) is 3.06. The van der Waals surface area contributed by atoms with Crippen LogP contribution in [0.15, 0.2) is 58.7 Å². The summed E-state index contributed by atoms with van der Waals surface area (Å²) in [6, 6.07) is 12.2. The van der Waals surface area contributed by atoms with E-state index in [1.807, 2.05) is 48.8 Å². The Kier molecular flexibility index (Phi) is 7.21. The van der Waals surface area contributed by atoms with E-state index >= 15 is 0 Å². The smallest absolute Gasteiger partial charge is 0.191 e. The summed E-state index contributed by atoms with van der Waals surface area (Å²) >= 11 is 11.3. The van der Waals surface area contributed by atoms with Crippen LogP contribution in [0.4, 0.5) is 0 Å². The molecule has 0 saturated carbocycles. The van der Waals surface area contributed by atoms with Gasteiger partial charge in [0.15, 0.2) is 11.0 Å². The van der Waals surface area contributed by atoms with Gasteiger partial charge in [0.25, 0.3) is 0 Å². The fourth-order valence-corrected chi connectivity index (χ4v) is 4.01. The molecule has 0 spiro atoms. The molecular formula is C21H21BrClN3OS. The Bertz CT molecular complexity index is 949. The zero-order chi connectivity index (χ0) is 20.1. The van der Waals surface area contributed by atoms with E-state index in [-0.39, 0.29) is 0 Å². The molecule has 3 rings (SSSR count). The van der Waals surface area contributed by atoms with E-state index < -0.39 is 0 Å². The second-order valence-corrected chi connectivity index (χ2v) is 8.61.